The molecule has 0 spiro atoms. The maximum atomic E-state index is 12.1. The topological polar surface area (TPSA) is 54.5 Å². The van der Waals surface area contributed by atoms with Gasteiger partial charge in [-0.1, -0.05) is 25.3 Å². The highest BCUT2D eigenvalue weighted by Crippen LogP contribution is 2.25. The van der Waals surface area contributed by atoms with Crippen LogP contribution in [0.2, 0.25) is 0 Å². The highest BCUT2D eigenvalue weighted by molar-refractivity contribution is 5.73. The van der Waals surface area contributed by atoms with Crippen molar-refractivity contribution in [1.29, 1.82) is 5.26 Å². The minimum atomic E-state index is -0.117. The van der Waals surface area contributed by atoms with Crippen molar-refractivity contribution in [2.24, 2.45) is 5.92 Å². The molecule has 1 saturated carbocycles. The molecule has 21 heavy (non-hydrogen) atoms. The van der Waals surface area contributed by atoms with Crippen molar-refractivity contribution in [2.75, 3.05) is 0 Å². The van der Waals surface area contributed by atoms with Crippen LogP contribution in [0, 0.1) is 17.2 Å². The van der Waals surface area contributed by atoms with Crippen molar-refractivity contribution in [3.8, 4) is 6.07 Å². The number of pyridine rings is 1. The van der Waals surface area contributed by atoms with E-state index in [1.165, 1.54) is 6.42 Å². The smallest absolute Gasteiger partial charge is 0.309 e. The van der Waals surface area contributed by atoms with Gasteiger partial charge >= 0.3 is 5.97 Å². The Bertz CT molecular complexity index is 690. The molecule has 0 radical (unpaired) electrons. The van der Waals surface area contributed by atoms with Gasteiger partial charge in [-0.05, 0) is 25.0 Å². The number of carbonyl (C=O) groups is 1. The van der Waals surface area contributed by atoms with Gasteiger partial charge in [0.2, 0.25) is 0 Å². The van der Waals surface area contributed by atoms with Gasteiger partial charge in [-0.25, -0.2) is 0 Å². The van der Waals surface area contributed by atoms with Gasteiger partial charge in [-0.2, -0.15) is 5.26 Å². The Hall–Kier alpha value is -2.28. The van der Waals surface area contributed by atoms with Gasteiger partial charge in [0.1, 0.15) is 12.7 Å². The highest BCUT2D eigenvalue weighted by Gasteiger charge is 2.23. The molecule has 2 heterocycles. The second kappa shape index (κ2) is 6.01. The first kappa shape index (κ1) is 13.7. The Morgan fingerprint density at radius 2 is 2.14 bits per heavy atom. The van der Waals surface area contributed by atoms with Gasteiger partial charge in [0.25, 0.3) is 0 Å². The molecular formula is C17H18N2O2. The summed E-state index contributed by atoms with van der Waals surface area (Å²) in [4.78, 5) is 12.1. The lowest BCUT2D eigenvalue weighted by Crippen LogP contribution is -2.20. The molecule has 1 fully saturated rings. The van der Waals surface area contributed by atoms with E-state index in [0.717, 1.165) is 36.8 Å². The van der Waals surface area contributed by atoms with E-state index in [1.807, 2.05) is 35.0 Å². The van der Waals surface area contributed by atoms with Gasteiger partial charge in [0, 0.05) is 18.0 Å². The molecule has 3 rings (SSSR count). The zero-order valence-corrected chi connectivity index (χ0v) is 11.9. The zero-order valence-electron chi connectivity index (χ0n) is 11.9. The van der Waals surface area contributed by atoms with Crippen molar-refractivity contribution < 1.29 is 9.53 Å². The molecule has 0 saturated heterocycles. The molecule has 0 aliphatic heterocycles. The van der Waals surface area contributed by atoms with Crippen LogP contribution < -0.4 is 0 Å². The van der Waals surface area contributed by atoms with Crippen LogP contribution in [0.15, 0.2) is 30.6 Å². The molecule has 108 valence electrons. The van der Waals surface area contributed by atoms with Gasteiger partial charge < -0.3 is 9.14 Å². The van der Waals surface area contributed by atoms with Gasteiger partial charge in [-0.15, -0.1) is 0 Å². The zero-order chi connectivity index (χ0) is 14.7. The maximum absolute atomic E-state index is 12.1. The molecule has 0 N–H and O–H groups in total. The predicted octanol–water partition coefficient (Wildman–Crippen LogP) is 3.43. The summed E-state index contributed by atoms with van der Waals surface area (Å²) in [5.41, 5.74) is 2.21. The van der Waals surface area contributed by atoms with Gasteiger partial charge in [0.15, 0.2) is 0 Å². The lowest BCUT2D eigenvalue weighted by molar-refractivity contribution is -0.151. The molecule has 4 nitrogen and oxygen atoms in total. The predicted molar refractivity (Wildman–Crippen MR) is 78.5 cm³/mol. The summed E-state index contributed by atoms with van der Waals surface area (Å²) in [6.45, 7) is 0.180. The first-order valence-corrected chi connectivity index (χ1v) is 7.45. The third kappa shape index (κ3) is 2.78. The quantitative estimate of drug-likeness (QED) is 0.810. The van der Waals surface area contributed by atoms with Crippen LogP contribution in [0.5, 0.6) is 0 Å². The Labute approximate surface area is 123 Å². The van der Waals surface area contributed by atoms with Crippen LogP contribution in [0.4, 0.5) is 0 Å². The molecule has 4 heteroatoms. The molecule has 1 aliphatic carbocycles. The standard InChI is InChI=1S/C17H18N2O2/c18-10-15-14(11-19-9-5-4-8-16(15)19)12-21-17(20)13-6-2-1-3-7-13/h4-5,8-9,11,13H,1-3,6-7,12H2. The lowest BCUT2D eigenvalue weighted by atomic mass is 9.89. The number of aromatic nitrogens is 1. The maximum Gasteiger partial charge on any atom is 0.309 e. The Morgan fingerprint density at radius 1 is 1.33 bits per heavy atom. The van der Waals surface area contributed by atoms with E-state index < -0.39 is 0 Å². The fourth-order valence-corrected chi connectivity index (χ4v) is 3.02. The number of carbonyl (C=O) groups excluding carboxylic acids is 1. The number of hydrogen-bond acceptors (Lipinski definition) is 3. The van der Waals surface area contributed by atoms with Crippen molar-refractivity contribution >= 4 is 11.5 Å². The number of ether oxygens (including phenoxy) is 1. The van der Waals surface area contributed by atoms with Crippen molar-refractivity contribution in [3.63, 3.8) is 0 Å². The summed E-state index contributed by atoms with van der Waals surface area (Å²) >= 11 is 0. The molecule has 2 aromatic rings. The molecule has 0 aromatic carbocycles. The summed E-state index contributed by atoms with van der Waals surface area (Å²) in [7, 11) is 0. The van der Waals surface area contributed by atoms with Crippen LogP contribution in [0.25, 0.3) is 5.52 Å². The van der Waals surface area contributed by atoms with Crippen LogP contribution >= 0.6 is 0 Å². The normalized spacial score (nSPS) is 15.8. The first-order chi connectivity index (χ1) is 10.3. The molecule has 0 amide bonds. The molecule has 0 unspecified atom stereocenters. The van der Waals surface area contributed by atoms with E-state index in [4.69, 9.17) is 4.74 Å². The van der Waals surface area contributed by atoms with Crippen LogP contribution in [-0.2, 0) is 16.1 Å². The minimum absolute atomic E-state index is 0.0429. The van der Waals surface area contributed by atoms with E-state index in [9.17, 15) is 10.1 Å². The number of fused-ring (bicyclic) bond motifs is 1. The molecule has 2 aromatic heterocycles. The van der Waals surface area contributed by atoms with E-state index >= 15 is 0 Å². The highest BCUT2D eigenvalue weighted by atomic mass is 16.5. The number of rotatable bonds is 3. The van der Waals surface area contributed by atoms with Crippen LogP contribution in [0.3, 0.4) is 0 Å². The Balaban J connectivity index is 1.73. The second-order valence-corrected chi connectivity index (χ2v) is 5.58. The van der Waals surface area contributed by atoms with Gasteiger partial charge in [-0.3, -0.25) is 4.79 Å². The van der Waals surface area contributed by atoms with E-state index in [2.05, 4.69) is 6.07 Å². The Morgan fingerprint density at radius 3 is 2.90 bits per heavy atom. The van der Waals surface area contributed by atoms with Crippen LogP contribution in [-0.4, -0.2) is 10.4 Å². The average molecular weight is 282 g/mol. The van der Waals surface area contributed by atoms with E-state index in [1.54, 1.807) is 0 Å². The third-order valence-electron chi connectivity index (χ3n) is 4.18. The average Bonchev–Trinajstić information content (AvgIpc) is 2.91. The fraction of sp³-hybridized carbons (Fsp3) is 0.412. The monoisotopic (exact) mass is 282 g/mol. The second-order valence-electron chi connectivity index (χ2n) is 5.58. The number of hydrogen-bond donors (Lipinski definition) is 0. The minimum Gasteiger partial charge on any atom is -0.460 e. The summed E-state index contributed by atoms with van der Waals surface area (Å²) in [6.07, 6.45) is 9.06. The SMILES string of the molecule is N#Cc1c(COC(=O)C2CCCCC2)cn2ccccc12. The molecule has 1 aliphatic rings. The van der Waals surface area contributed by atoms with E-state index in [0.29, 0.717) is 5.56 Å². The van der Waals surface area contributed by atoms with Crippen molar-refractivity contribution in [2.45, 2.75) is 38.7 Å². The molecule has 0 atom stereocenters. The summed E-state index contributed by atoms with van der Waals surface area (Å²) in [5, 5.41) is 9.32. The largest absolute Gasteiger partial charge is 0.460 e. The number of nitrogens with zero attached hydrogens (tertiary/aromatic N) is 2. The third-order valence-corrected chi connectivity index (χ3v) is 4.18. The number of esters is 1. The summed E-state index contributed by atoms with van der Waals surface area (Å²) < 4.78 is 7.33. The van der Waals surface area contributed by atoms with Crippen LogP contribution in [0.1, 0.15) is 43.2 Å². The first-order valence-electron chi connectivity index (χ1n) is 7.45. The molecule has 0 bridgehead atoms. The molecular weight excluding hydrogens is 264 g/mol. The summed E-state index contributed by atoms with van der Waals surface area (Å²) in [6, 6.07) is 7.91. The lowest BCUT2D eigenvalue weighted by Gasteiger charge is -2.19. The fourth-order valence-electron chi connectivity index (χ4n) is 3.02. The van der Waals surface area contributed by atoms with Gasteiger partial charge in [0.05, 0.1) is 17.0 Å². The summed E-state index contributed by atoms with van der Waals surface area (Å²) in [5.74, 6) is -0.0739. The Kier molecular flexibility index (Phi) is 3.92. The van der Waals surface area contributed by atoms with E-state index in [-0.39, 0.29) is 18.5 Å². The van der Waals surface area contributed by atoms with Crippen molar-refractivity contribution in [3.05, 3.63) is 41.7 Å². The van der Waals surface area contributed by atoms with Crippen molar-refractivity contribution in [1.82, 2.24) is 4.40 Å². The number of nitriles is 1.